The van der Waals surface area contributed by atoms with Gasteiger partial charge in [0.15, 0.2) is 5.88 Å². The first-order valence-electron chi connectivity index (χ1n) is 31.7. The van der Waals surface area contributed by atoms with Gasteiger partial charge in [0, 0.05) is 50.5 Å². The van der Waals surface area contributed by atoms with E-state index in [1.54, 1.807) is 0 Å². The molecular formula is C80H90BN3O. The lowest BCUT2D eigenvalue weighted by Crippen LogP contribution is -2.61. The van der Waals surface area contributed by atoms with Crippen LogP contribution in [0.5, 0.6) is 0 Å². The van der Waals surface area contributed by atoms with Crippen molar-refractivity contribution in [1.29, 1.82) is 0 Å². The second-order valence-electron chi connectivity index (χ2n) is 31.7. The van der Waals surface area contributed by atoms with E-state index < -0.39 is 0 Å². The molecule has 13 rings (SSSR count). The Morgan fingerprint density at radius 1 is 0.459 bits per heavy atom. The summed E-state index contributed by atoms with van der Waals surface area (Å²) in [7, 11) is 0. The average molecular weight is 1120 g/mol. The molecule has 4 nitrogen and oxygen atoms in total. The van der Waals surface area contributed by atoms with Crippen LogP contribution < -0.4 is 25.5 Å². The van der Waals surface area contributed by atoms with Crippen molar-refractivity contribution in [3.63, 3.8) is 0 Å². The molecule has 0 spiro atoms. The van der Waals surface area contributed by atoms with Gasteiger partial charge in [0.1, 0.15) is 5.58 Å². The fraction of sp³-hybridized carbons (Fsp3) is 0.375. The molecule has 85 heavy (non-hydrogen) atoms. The molecule has 0 atom stereocenters. The summed E-state index contributed by atoms with van der Waals surface area (Å²) in [4.78, 5) is 7.80. The first-order chi connectivity index (χ1) is 39.9. The maximum Gasteiger partial charge on any atom is 0.337 e. The van der Waals surface area contributed by atoms with Crippen LogP contribution in [-0.4, -0.2) is 6.85 Å². The number of nitrogens with zero attached hydrogens (tertiary/aromatic N) is 3. The van der Waals surface area contributed by atoms with Crippen LogP contribution in [0, 0.1) is 6.92 Å². The molecular weight excluding hydrogens is 1030 g/mol. The van der Waals surface area contributed by atoms with Gasteiger partial charge in [0.05, 0.1) is 6.54 Å². The van der Waals surface area contributed by atoms with Crippen molar-refractivity contribution in [2.24, 2.45) is 0 Å². The van der Waals surface area contributed by atoms with Gasteiger partial charge in [-0.05, 0) is 216 Å². The molecule has 0 N–H and O–H groups in total. The van der Waals surface area contributed by atoms with Gasteiger partial charge in [-0.3, -0.25) is 0 Å². The topological polar surface area (TPSA) is 22.9 Å². The summed E-state index contributed by atoms with van der Waals surface area (Å²) in [5, 5.41) is 1.21. The van der Waals surface area contributed by atoms with E-state index in [1.165, 1.54) is 106 Å². The molecule has 0 saturated heterocycles. The number of fused-ring (bicyclic) bond motifs is 8. The molecule has 5 heteroatoms. The lowest BCUT2D eigenvalue weighted by molar-refractivity contribution is 0.332. The normalized spacial score (nSPS) is 17.2. The number of hydrogen-bond donors (Lipinski definition) is 0. The van der Waals surface area contributed by atoms with Crippen molar-refractivity contribution in [1.82, 2.24) is 0 Å². The quantitative estimate of drug-likeness (QED) is 0.148. The summed E-state index contributed by atoms with van der Waals surface area (Å²) >= 11 is 0. The van der Waals surface area contributed by atoms with E-state index in [9.17, 15) is 0 Å². The summed E-state index contributed by atoms with van der Waals surface area (Å²) < 4.78 is 7.74. The van der Waals surface area contributed by atoms with Crippen molar-refractivity contribution in [2.45, 2.75) is 195 Å². The van der Waals surface area contributed by atoms with E-state index in [0.29, 0.717) is 6.54 Å². The van der Waals surface area contributed by atoms with Crippen LogP contribution in [0.2, 0.25) is 0 Å². The highest BCUT2D eigenvalue weighted by molar-refractivity contribution is 6.95. The Morgan fingerprint density at radius 2 is 0.988 bits per heavy atom. The highest BCUT2D eigenvalue weighted by Gasteiger charge is 2.50. The molecule has 9 aromatic rings. The fourth-order valence-corrected chi connectivity index (χ4v) is 15.0. The van der Waals surface area contributed by atoms with Crippen LogP contribution in [0.3, 0.4) is 0 Å². The summed E-state index contributed by atoms with van der Waals surface area (Å²) in [6.45, 7) is 43.2. The van der Waals surface area contributed by atoms with Crippen molar-refractivity contribution in [2.75, 3.05) is 14.6 Å². The summed E-state index contributed by atoms with van der Waals surface area (Å²) in [6.07, 6.45) is 4.57. The number of anilines is 7. The number of furan rings is 1. The Hall–Kier alpha value is -7.24. The standard InChI is InChI=1S/C80H90BN3O/c1-50-42-62-61-45-58(83(56-30-26-53(27-31-56)74(2,3)4)57-32-28-54(29-33-57)75(5,6)7)35-37-68(61)84(59-34-36-64-65(46-59)78(13,14)39-38-77(64,11)12)81-71(62)69(43-50)82(49-52-24-25-55(76(8,9)10)44-60(52)51-22-20-19-21-23-51)73-72(81)63-47-66-67(48-70(63)85-73)80(17,18)41-40-79(66,15)16/h19-37,42-48H,38-41,49H2,1-18H3. The molecule has 0 bridgehead atoms. The van der Waals surface area contributed by atoms with Gasteiger partial charge in [-0.1, -0.05) is 203 Å². The third-order valence-corrected chi connectivity index (χ3v) is 20.6. The third kappa shape index (κ3) is 9.57. The van der Waals surface area contributed by atoms with Crippen molar-refractivity contribution >= 4 is 68.8 Å². The van der Waals surface area contributed by atoms with Crippen molar-refractivity contribution in [3.8, 4) is 22.3 Å². The van der Waals surface area contributed by atoms with E-state index in [-0.39, 0.29) is 44.8 Å². The second-order valence-corrected chi connectivity index (χ2v) is 31.7. The molecule has 3 heterocycles. The predicted molar refractivity (Wildman–Crippen MR) is 366 cm³/mol. The maximum atomic E-state index is 7.74. The SMILES string of the molecule is Cc1cc2c3c(c1)N(Cc1ccc(C(C)(C)C)cc1-c1ccccc1)c1oc4cc5c(cc4c1B3N(c1ccc3c(c1)C(C)(C)CCC3(C)C)c1ccc(N(c3ccc(C(C)(C)C)cc3)c3ccc(C(C)(C)C)cc3)cc1-2)C(C)(C)CCC5(C)C. The molecule has 1 aromatic heterocycles. The zero-order chi connectivity index (χ0) is 60.3. The number of hydrogen-bond acceptors (Lipinski definition) is 4. The highest BCUT2D eigenvalue weighted by atomic mass is 16.4. The van der Waals surface area contributed by atoms with Crippen LogP contribution in [0.25, 0.3) is 33.2 Å². The predicted octanol–water partition coefficient (Wildman–Crippen LogP) is 21.0. The summed E-state index contributed by atoms with van der Waals surface area (Å²) in [6, 6.07) is 61.8. The molecule has 0 saturated carbocycles. The molecule has 2 aliphatic heterocycles. The van der Waals surface area contributed by atoms with Gasteiger partial charge in [0.25, 0.3) is 0 Å². The Labute approximate surface area is 509 Å². The van der Waals surface area contributed by atoms with E-state index in [4.69, 9.17) is 4.42 Å². The maximum absolute atomic E-state index is 7.74. The Bertz CT molecular complexity index is 4060. The number of rotatable bonds is 7. The lowest BCUT2D eigenvalue weighted by atomic mass is 9.43. The third-order valence-electron chi connectivity index (χ3n) is 20.6. The fourth-order valence-electron chi connectivity index (χ4n) is 15.0. The minimum atomic E-state index is -0.213. The second kappa shape index (κ2) is 19.4. The minimum Gasteiger partial charge on any atom is -0.441 e. The van der Waals surface area contributed by atoms with Gasteiger partial charge < -0.3 is 19.0 Å². The van der Waals surface area contributed by atoms with Crippen LogP contribution in [0.4, 0.5) is 40.0 Å². The number of aryl methyl sites for hydroxylation is 1. The van der Waals surface area contributed by atoms with Crippen molar-refractivity contribution in [3.05, 3.63) is 208 Å². The Kier molecular flexibility index (Phi) is 13.0. The molecule has 8 aromatic carbocycles. The van der Waals surface area contributed by atoms with Crippen LogP contribution in [0.15, 0.2) is 162 Å². The van der Waals surface area contributed by atoms with Crippen LogP contribution in [-0.2, 0) is 44.4 Å². The van der Waals surface area contributed by atoms with E-state index in [1.807, 2.05) is 0 Å². The Morgan fingerprint density at radius 3 is 1.56 bits per heavy atom. The Balaban J connectivity index is 1.12. The zero-order valence-corrected chi connectivity index (χ0v) is 54.4. The largest absolute Gasteiger partial charge is 0.441 e. The van der Waals surface area contributed by atoms with Gasteiger partial charge in [-0.2, -0.15) is 0 Å². The average Bonchev–Trinajstić information content (AvgIpc) is 2.02. The zero-order valence-electron chi connectivity index (χ0n) is 54.4. The van der Waals surface area contributed by atoms with E-state index in [2.05, 4.69) is 297 Å². The smallest absolute Gasteiger partial charge is 0.337 e. The van der Waals surface area contributed by atoms with Gasteiger partial charge >= 0.3 is 6.85 Å². The molecule has 2 aliphatic carbocycles. The highest BCUT2D eigenvalue weighted by Crippen LogP contribution is 2.54. The molecule has 0 unspecified atom stereocenters. The van der Waals surface area contributed by atoms with Gasteiger partial charge in [0.2, 0.25) is 0 Å². The molecule has 0 radical (unpaired) electrons. The van der Waals surface area contributed by atoms with Gasteiger partial charge in [-0.25, -0.2) is 0 Å². The molecule has 0 amide bonds. The molecule has 434 valence electrons. The van der Waals surface area contributed by atoms with Crippen LogP contribution in [0.1, 0.15) is 193 Å². The van der Waals surface area contributed by atoms with E-state index >= 15 is 0 Å². The number of benzene rings is 8. The molecule has 4 aliphatic rings. The van der Waals surface area contributed by atoms with Crippen LogP contribution >= 0.6 is 0 Å². The summed E-state index contributed by atoms with van der Waals surface area (Å²) in [5.74, 6) is 0.939. The van der Waals surface area contributed by atoms with E-state index in [0.717, 1.165) is 54.2 Å². The minimum absolute atomic E-state index is 0.00239. The van der Waals surface area contributed by atoms with Gasteiger partial charge in [-0.15, -0.1) is 0 Å². The first kappa shape index (κ1) is 56.9. The molecule has 0 fully saturated rings. The monoisotopic (exact) mass is 1120 g/mol. The lowest BCUT2D eigenvalue weighted by Gasteiger charge is -2.46. The first-order valence-corrected chi connectivity index (χ1v) is 31.7. The van der Waals surface area contributed by atoms with Crippen molar-refractivity contribution < 1.29 is 4.42 Å². The summed E-state index contributed by atoms with van der Waals surface area (Å²) in [5.41, 5.74) is 27.8.